The zero-order valence-corrected chi connectivity index (χ0v) is 16.4. The summed E-state index contributed by atoms with van der Waals surface area (Å²) in [4.78, 5) is 0. The highest BCUT2D eigenvalue weighted by Gasteiger charge is 2.42. The largest absolute Gasteiger partial charge is 0.392 e. The van der Waals surface area contributed by atoms with Gasteiger partial charge in [0.15, 0.2) is 0 Å². The van der Waals surface area contributed by atoms with Gasteiger partial charge in [-0.25, -0.2) is 0 Å². The van der Waals surface area contributed by atoms with Crippen molar-refractivity contribution in [1.29, 1.82) is 0 Å². The van der Waals surface area contributed by atoms with E-state index in [9.17, 15) is 4.57 Å². The maximum absolute atomic E-state index is 13.7. The second-order valence-electron chi connectivity index (χ2n) is 6.63. The molecule has 0 aliphatic heterocycles. The smallest absolute Gasteiger partial charge is 0.326 e. The summed E-state index contributed by atoms with van der Waals surface area (Å²) in [6.45, 7) is 8.24. The molecule has 0 aromatic heterocycles. The van der Waals surface area contributed by atoms with E-state index >= 15 is 0 Å². The number of hydrogen-bond donors (Lipinski definition) is 1. The molecule has 2 rings (SSSR count). The highest BCUT2D eigenvalue weighted by molar-refractivity contribution is 7.54. The van der Waals surface area contributed by atoms with Crippen LogP contribution >= 0.6 is 7.60 Å². The van der Waals surface area contributed by atoms with Crippen molar-refractivity contribution >= 4 is 7.60 Å². The lowest BCUT2D eigenvalue weighted by Crippen LogP contribution is -2.83. The van der Waals surface area contributed by atoms with Gasteiger partial charge in [0, 0.05) is 11.1 Å². The van der Waals surface area contributed by atoms with E-state index in [1.54, 1.807) is 0 Å². The first-order valence-corrected chi connectivity index (χ1v) is 10.4. The van der Waals surface area contributed by atoms with Crippen LogP contribution in [-0.4, -0.2) is 12.2 Å². The Morgan fingerprint density at radius 2 is 1.32 bits per heavy atom. The zero-order chi connectivity index (χ0) is 18.3. The molecule has 4 nitrogen and oxygen atoms in total. The summed E-state index contributed by atoms with van der Waals surface area (Å²) in [5.41, 5.74) is 2.12. The van der Waals surface area contributed by atoms with Gasteiger partial charge in [0.05, 0.1) is 12.2 Å². The van der Waals surface area contributed by atoms with Crippen LogP contribution in [0.2, 0.25) is 0 Å². The summed E-state index contributed by atoms with van der Waals surface area (Å²) in [6.07, 6.45) is -0.359. The third kappa shape index (κ3) is 6.09. The Balaban J connectivity index is 2.32. The van der Waals surface area contributed by atoms with E-state index in [0.717, 1.165) is 5.56 Å². The maximum atomic E-state index is 13.7. The first kappa shape index (κ1) is 19.9. The van der Waals surface area contributed by atoms with Gasteiger partial charge in [-0.15, -0.1) is 0 Å². The van der Waals surface area contributed by atoms with Crippen molar-refractivity contribution in [1.82, 2.24) is 0 Å². The van der Waals surface area contributed by atoms with E-state index in [1.807, 2.05) is 76.2 Å². The number of benzene rings is 2. The Hall–Kier alpha value is -1.45. The highest BCUT2D eigenvalue weighted by Crippen LogP contribution is 2.59. The van der Waals surface area contributed by atoms with E-state index in [4.69, 9.17) is 9.05 Å². The molecule has 0 saturated heterocycles. The molecule has 136 valence electrons. The van der Waals surface area contributed by atoms with E-state index in [2.05, 4.69) is 17.4 Å². The van der Waals surface area contributed by atoms with Crippen LogP contribution in [0.5, 0.6) is 0 Å². The quantitative estimate of drug-likeness (QED) is 0.669. The minimum atomic E-state index is -3.36. The molecule has 0 aliphatic carbocycles. The van der Waals surface area contributed by atoms with Crippen molar-refractivity contribution in [3.63, 3.8) is 0 Å². The highest BCUT2D eigenvalue weighted by atomic mass is 31.2. The third-order valence-electron chi connectivity index (χ3n) is 3.62. The van der Waals surface area contributed by atoms with Gasteiger partial charge in [-0.05, 0) is 27.7 Å². The van der Waals surface area contributed by atoms with Crippen LogP contribution in [0.1, 0.15) is 44.6 Å². The van der Waals surface area contributed by atoms with Crippen molar-refractivity contribution in [2.24, 2.45) is 0 Å². The Kier molecular flexibility index (Phi) is 7.39. The molecule has 0 unspecified atom stereocenters. The van der Waals surface area contributed by atoms with Gasteiger partial charge in [-0.1, -0.05) is 60.7 Å². The van der Waals surface area contributed by atoms with Crippen LogP contribution in [0.4, 0.5) is 0 Å². The number of quaternary nitrogens is 1. The number of hydrogen-bond acceptors (Lipinski definition) is 3. The van der Waals surface area contributed by atoms with Gasteiger partial charge in [0.25, 0.3) is 0 Å². The molecule has 1 atom stereocenters. The van der Waals surface area contributed by atoms with Crippen molar-refractivity contribution in [2.75, 3.05) is 0 Å². The fraction of sp³-hybridized carbons (Fsp3) is 0.400. The molecule has 0 spiro atoms. The summed E-state index contributed by atoms with van der Waals surface area (Å²) in [5, 5.41) is 2.05. The zero-order valence-electron chi connectivity index (χ0n) is 15.5. The summed E-state index contributed by atoms with van der Waals surface area (Å²) >= 11 is 0. The Morgan fingerprint density at radius 3 is 1.80 bits per heavy atom. The van der Waals surface area contributed by atoms with Gasteiger partial charge in [0.1, 0.15) is 6.54 Å². The summed E-state index contributed by atoms with van der Waals surface area (Å²) < 4.78 is 25.4. The number of nitrogens with two attached hydrogens (primary N) is 1. The molecule has 0 aliphatic rings. The minimum Gasteiger partial charge on any atom is -0.326 e. The average molecular weight is 362 g/mol. The lowest BCUT2D eigenvalue weighted by atomic mass is 10.2. The minimum absolute atomic E-state index is 0.180. The molecule has 2 aromatic carbocycles. The maximum Gasteiger partial charge on any atom is 0.392 e. The fourth-order valence-electron chi connectivity index (χ4n) is 2.70. The standard InChI is InChI=1S/C20H28NO3P/c1-16(2)23-25(22,24-17(3)4)20(19-13-9-6-10-14-19)21-15-18-11-7-5-8-12-18/h5-14,16-17,20-21H,15H2,1-4H3/p+1/t20-/m0/s1. The van der Waals surface area contributed by atoms with Gasteiger partial charge >= 0.3 is 7.60 Å². The SMILES string of the molecule is CC(C)OP(=O)(OC(C)C)[C@H]([NH2+]Cc1ccccc1)c1ccccc1. The molecule has 0 saturated carbocycles. The van der Waals surface area contributed by atoms with Crippen molar-refractivity contribution in [3.8, 4) is 0 Å². The van der Waals surface area contributed by atoms with Crippen LogP contribution in [0.15, 0.2) is 60.7 Å². The molecular formula is C20H29NO3P+. The molecule has 0 radical (unpaired) electrons. The molecular weight excluding hydrogens is 333 g/mol. The lowest BCUT2D eigenvalue weighted by Gasteiger charge is -2.28. The monoisotopic (exact) mass is 362 g/mol. The summed E-state index contributed by atoms with van der Waals surface area (Å²) in [6, 6.07) is 20.0. The van der Waals surface area contributed by atoms with Gasteiger partial charge in [-0.3, -0.25) is 4.57 Å². The van der Waals surface area contributed by atoms with Gasteiger partial charge in [-0.2, -0.15) is 0 Å². The Morgan fingerprint density at radius 1 is 0.840 bits per heavy atom. The fourth-order valence-corrected chi connectivity index (χ4v) is 5.09. The molecule has 2 aromatic rings. The van der Waals surface area contributed by atoms with Crippen LogP contribution < -0.4 is 5.32 Å². The van der Waals surface area contributed by atoms with Crippen LogP contribution in [0.25, 0.3) is 0 Å². The molecule has 0 fully saturated rings. The first-order chi connectivity index (χ1) is 11.9. The molecule has 0 heterocycles. The van der Waals surface area contributed by atoms with Crippen LogP contribution in [0.3, 0.4) is 0 Å². The number of rotatable bonds is 9. The van der Waals surface area contributed by atoms with Gasteiger partial charge in [0.2, 0.25) is 5.78 Å². The van der Waals surface area contributed by atoms with Gasteiger partial charge < -0.3 is 14.4 Å². The van der Waals surface area contributed by atoms with E-state index in [-0.39, 0.29) is 12.2 Å². The summed E-state index contributed by atoms with van der Waals surface area (Å²) in [7, 11) is -3.36. The van der Waals surface area contributed by atoms with Crippen LogP contribution in [0, 0.1) is 0 Å². The first-order valence-electron chi connectivity index (χ1n) is 8.79. The molecule has 5 heteroatoms. The third-order valence-corrected chi connectivity index (χ3v) is 6.24. The topological polar surface area (TPSA) is 52.1 Å². The normalized spacial score (nSPS) is 13.4. The Bertz CT molecular complexity index is 660. The second kappa shape index (κ2) is 9.30. The second-order valence-corrected chi connectivity index (χ2v) is 8.69. The molecule has 0 amide bonds. The van der Waals surface area contributed by atoms with E-state index < -0.39 is 13.4 Å². The molecule has 0 bridgehead atoms. The predicted molar refractivity (Wildman–Crippen MR) is 101 cm³/mol. The van der Waals surface area contributed by atoms with E-state index in [0.29, 0.717) is 6.54 Å². The van der Waals surface area contributed by atoms with E-state index in [1.165, 1.54) is 5.56 Å². The lowest BCUT2D eigenvalue weighted by molar-refractivity contribution is -0.693. The molecule has 2 N–H and O–H groups in total. The van der Waals surface area contributed by atoms with Crippen molar-refractivity contribution in [2.45, 2.75) is 52.2 Å². The summed E-state index contributed by atoms with van der Waals surface area (Å²) in [5.74, 6) is -0.404. The van der Waals surface area contributed by atoms with Crippen LogP contribution in [-0.2, 0) is 20.2 Å². The average Bonchev–Trinajstić information content (AvgIpc) is 2.55. The Labute approximate surface area is 151 Å². The van der Waals surface area contributed by atoms with Crippen molar-refractivity contribution < 1.29 is 18.9 Å². The molecule has 25 heavy (non-hydrogen) atoms. The predicted octanol–water partition coefficient (Wildman–Crippen LogP) is 4.49. The van der Waals surface area contributed by atoms with Crippen molar-refractivity contribution in [3.05, 3.63) is 71.8 Å².